The lowest BCUT2D eigenvalue weighted by Gasteiger charge is -2.52. The van der Waals surface area contributed by atoms with Gasteiger partial charge >= 0.3 is 0 Å². The Kier molecular flexibility index (Phi) is 3.40. The second-order valence-corrected chi connectivity index (χ2v) is 6.56. The van der Waals surface area contributed by atoms with Crippen LogP contribution in [-0.4, -0.2) is 25.3 Å². The van der Waals surface area contributed by atoms with Crippen LogP contribution in [0.2, 0.25) is 0 Å². The SMILES string of the molecule is CCOC1CC(NCC2Cc3ccccc32)C1(C)C. The van der Waals surface area contributed by atoms with Crippen molar-refractivity contribution in [3.8, 4) is 0 Å². The van der Waals surface area contributed by atoms with E-state index in [2.05, 4.69) is 50.4 Å². The van der Waals surface area contributed by atoms with Gasteiger partial charge in [0.25, 0.3) is 0 Å². The van der Waals surface area contributed by atoms with Gasteiger partial charge in [-0.1, -0.05) is 38.1 Å². The molecule has 0 aromatic heterocycles. The minimum Gasteiger partial charge on any atom is -0.378 e. The molecule has 0 spiro atoms. The molecule has 0 bridgehead atoms. The van der Waals surface area contributed by atoms with E-state index in [-0.39, 0.29) is 5.41 Å². The molecule has 1 aromatic rings. The van der Waals surface area contributed by atoms with Crippen molar-refractivity contribution in [3.63, 3.8) is 0 Å². The standard InChI is InChI=1S/C17H25NO/c1-4-19-16-10-15(17(16,2)3)18-11-13-9-12-7-5-6-8-14(12)13/h5-8,13,15-16,18H,4,9-11H2,1-3H3. The van der Waals surface area contributed by atoms with Crippen LogP contribution in [0.3, 0.4) is 0 Å². The largest absolute Gasteiger partial charge is 0.378 e. The number of hydrogen-bond donors (Lipinski definition) is 1. The molecule has 1 saturated carbocycles. The van der Waals surface area contributed by atoms with Gasteiger partial charge in [-0.2, -0.15) is 0 Å². The van der Waals surface area contributed by atoms with Gasteiger partial charge in [-0.05, 0) is 30.9 Å². The average molecular weight is 259 g/mol. The summed E-state index contributed by atoms with van der Waals surface area (Å²) in [5.74, 6) is 0.721. The van der Waals surface area contributed by atoms with Crippen molar-refractivity contribution in [2.45, 2.75) is 51.7 Å². The smallest absolute Gasteiger partial charge is 0.0655 e. The second-order valence-electron chi connectivity index (χ2n) is 6.56. The Labute approximate surface area is 116 Å². The van der Waals surface area contributed by atoms with Crippen molar-refractivity contribution < 1.29 is 4.74 Å². The lowest BCUT2D eigenvalue weighted by atomic mass is 9.64. The minimum atomic E-state index is 0.277. The lowest BCUT2D eigenvalue weighted by molar-refractivity contribution is -0.114. The fourth-order valence-electron chi connectivity index (χ4n) is 3.55. The third-order valence-electron chi connectivity index (χ3n) is 5.12. The molecule has 2 heteroatoms. The quantitative estimate of drug-likeness (QED) is 0.877. The van der Waals surface area contributed by atoms with E-state index >= 15 is 0 Å². The Hall–Kier alpha value is -0.860. The van der Waals surface area contributed by atoms with Crippen molar-refractivity contribution in [1.82, 2.24) is 5.32 Å². The molecule has 2 nitrogen and oxygen atoms in total. The molecule has 3 atom stereocenters. The normalized spacial score (nSPS) is 31.2. The van der Waals surface area contributed by atoms with Gasteiger partial charge in [0.05, 0.1) is 6.10 Å². The van der Waals surface area contributed by atoms with Gasteiger partial charge in [0, 0.05) is 30.5 Å². The number of nitrogens with one attached hydrogen (secondary N) is 1. The zero-order valence-electron chi connectivity index (χ0n) is 12.3. The van der Waals surface area contributed by atoms with Crippen LogP contribution >= 0.6 is 0 Å². The molecule has 3 rings (SSSR count). The maximum Gasteiger partial charge on any atom is 0.0655 e. The summed E-state index contributed by atoms with van der Waals surface area (Å²) in [6.07, 6.45) is 2.84. The van der Waals surface area contributed by atoms with E-state index < -0.39 is 0 Å². The molecule has 3 unspecified atom stereocenters. The summed E-state index contributed by atoms with van der Waals surface area (Å²) in [5.41, 5.74) is 3.36. The first-order valence-corrected chi connectivity index (χ1v) is 7.55. The first kappa shape index (κ1) is 13.1. The highest BCUT2D eigenvalue weighted by molar-refractivity contribution is 5.40. The summed E-state index contributed by atoms with van der Waals surface area (Å²) in [6.45, 7) is 8.68. The maximum absolute atomic E-state index is 5.79. The van der Waals surface area contributed by atoms with Gasteiger partial charge in [0.1, 0.15) is 0 Å². The Morgan fingerprint density at radius 3 is 2.79 bits per heavy atom. The van der Waals surface area contributed by atoms with E-state index in [4.69, 9.17) is 4.74 Å². The Morgan fingerprint density at radius 1 is 1.32 bits per heavy atom. The monoisotopic (exact) mass is 259 g/mol. The molecule has 0 heterocycles. The number of ether oxygens (including phenoxy) is 1. The third-order valence-corrected chi connectivity index (χ3v) is 5.12. The van der Waals surface area contributed by atoms with Crippen LogP contribution in [0.1, 0.15) is 44.2 Å². The van der Waals surface area contributed by atoms with E-state index in [0.717, 1.165) is 25.5 Å². The van der Waals surface area contributed by atoms with Gasteiger partial charge in [0.15, 0.2) is 0 Å². The van der Waals surface area contributed by atoms with E-state index in [1.165, 1.54) is 12.0 Å². The Balaban J connectivity index is 1.50. The van der Waals surface area contributed by atoms with E-state index in [9.17, 15) is 0 Å². The van der Waals surface area contributed by atoms with Crippen molar-refractivity contribution >= 4 is 0 Å². The van der Waals surface area contributed by atoms with Crippen LogP contribution in [-0.2, 0) is 11.2 Å². The third kappa shape index (κ3) is 2.21. The highest BCUT2D eigenvalue weighted by Crippen LogP contribution is 2.43. The molecule has 0 saturated heterocycles. The van der Waals surface area contributed by atoms with Crippen molar-refractivity contribution in [2.24, 2.45) is 5.41 Å². The van der Waals surface area contributed by atoms with Gasteiger partial charge in [0.2, 0.25) is 0 Å². The zero-order chi connectivity index (χ0) is 13.5. The predicted molar refractivity (Wildman–Crippen MR) is 78.5 cm³/mol. The molecule has 0 radical (unpaired) electrons. The summed E-state index contributed by atoms with van der Waals surface area (Å²) < 4.78 is 5.79. The molecule has 1 aromatic carbocycles. The van der Waals surface area contributed by atoms with Crippen molar-refractivity contribution in [3.05, 3.63) is 35.4 Å². The van der Waals surface area contributed by atoms with E-state index in [0.29, 0.717) is 12.1 Å². The van der Waals surface area contributed by atoms with Crippen molar-refractivity contribution in [2.75, 3.05) is 13.2 Å². The van der Waals surface area contributed by atoms with E-state index in [1.54, 1.807) is 5.56 Å². The first-order valence-electron chi connectivity index (χ1n) is 7.55. The minimum absolute atomic E-state index is 0.277. The van der Waals surface area contributed by atoms with Gasteiger partial charge in [-0.25, -0.2) is 0 Å². The van der Waals surface area contributed by atoms with Crippen LogP contribution < -0.4 is 5.32 Å². The molecule has 2 aliphatic rings. The van der Waals surface area contributed by atoms with Crippen LogP contribution in [0.25, 0.3) is 0 Å². The molecule has 1 fully saturated rings. The second kappa shape index (κ2) is 4.92. The average Bonchev–Trinajstić information content (AvgIpc) is 2.37. The fourth-order valence-corrected chi connectivity index (χ4v) is 3.55. The van der Waals surface area contributed by atoms with Gasteiger partial charge < -0.3 is 10.1 Å². The molecule has 1 N–H and O–H groups in total. The number of rotatable bonds is 5. The summed E-state index contributed by atoms with van der Waals surface area (Å²) in [4.78, 5) is 0. The zero-order valence-corrected chi connectivity index (χ0v) is 12.3. The van der Waals surface area contributed by atoms with Crippen LogP contribution in [0.5, 0.6) is 0 Å². The molecule has 0 aliphatic heterocycles. The summed E-state index contributed by atoms with van der Waals surface area (Å²) in [7, 11) is 0. The first-order chi connectivity index (χ1) is 9.13. The van der Waals surface area contributed by atoms with Crippen molar-refractivity contribution in [1.29, 1.82) is 0 Å². The molecule has 0 amide bonds. The Bertz CT molecular complexity index is 454. The van der Waals surface area contributed by atoms with Crippen LogP contribution in [0.4, 0.5) is 0 Å². The molecular formula is C17H25NO. The fraction of sp³-hybridized carbons (Fsp3) is 0.647. The molecule has 19 heavy (non-hydrogen) atoms. The van der Waals surface area contributed by atoms with Crippen LogP contribution in [0, 0.1) is 5.41 Å². The maximum atomic E-state index is 5.79. The highest BCUT2D eigenvalue weighted by atomic mass is 16.5. The molecule has 104 valence electrons. The highest BCUT2D eigenvalue weighted by Gasteiger charge is 2.48. The Morgan fingerprint density at radius 2 is 2.11 bits per heavy atom. The van der Waals surface area contributed by atoms with Crippen LogP contribution in [0.15, 0.2) is 24.3 Å². The number of benzene rings is 1. The van der Waals surface area contributed by atoms with Gasteiger partial charge in [-0.3, -0.25) is 0 Å². The predicted octanol–water partition coefficient (Wildman–Crippen LogP) is 3.12. The molecule has 2 aliphatic carbocycles. The molecular weight excluding hydrogens is 234 g/mol. The van der Waals surface area contributed by atoms with E-state index in [1.807, 2.05) is 0 Å². The number of hydrogen-bond acceptors (Lipinski definition) is 2. The summed E-state index contributed by atoms with van der Waals surface area (Å²) in [6, 6.07) is 9.44. The number of fused-ring (bicyclic) bond motifs is 1. The lowest BCUT2D eigenvalue weighted by Crippen LogP contribution is -2.61. The summed E-state index contributed by atoms with van der Waals surface area (Å²) >= 11 is 0. The summed E-state index contributed by atoms with van der Waals surface area (Å²) in [5, 5.41) is 3.76. The topological polar surface area (TPSA) is 21.3 Å². The van der Waals surface area contributed by atoms with Gasteiger partial charge in [-0.15, -0.1) is 0 Å².